The smallest absolute Gasteiger partial charge is 0.0965 e. The van der Waals surface area contributed by atoms with Gasteiger partial charge in [0.05, 0.1) is 11.0 Å². The molecule has 0 spiro atoms. The third-order valence-electron chi connectivity index (χ3n) is 8.23. The minimum Gasteiger partial charge on any atom is -0.253 e. The summed E-state index contributed by atoms with van der Waals surface area (Å²) in [6.45, 7) is 17.3. The lowest BCUT2D eigenvalue weighted by Gasteiger charge is -2.13. The summed E-state index contributed by atoms with van der Waals surface area (Å²) in [5, 5.41) is 2.07. The molecule has 5 rings (SSSR count). The van der Waals surface area contributed by atoms with Crippen molar-refractivity contribution in [1.82, 2.24) is 9.97 Å². The van der Waals surface area contributed by atoms with Gasteiger partial charge in [0.25, 0.3) is 0 Å². The maximum absolute atomic E-state index is 4.79. The molecule has 0 amide bonds. The lowest BCUT2D eigenvalue weighted by molar-refractivity contribution is 1.19. The lowest BCUT2D eigenvalue weighted by Crippen LogP contribution is -2.00. The highest BCUT2D eigenvalue weighted by molar-refractivity contribution is 14.1. The molecule has 0 radical (unpaired) electrons. The molecule has 40 heavy (non-hydrogen) atoms. The van der Waals surface area contributed by atoms with Crippen LogP contribution in [0.25, 0.3) is 21.8 Å². The van der Waals surface area contributed by atoms with Crippen molar-refractivity contribution in [2.45, 2.75) is 55.4 Å². The fourth-order valence-electron chi connectivity index (χ4n) is 5.11. The Balaban J connectivity index is 1.51. The van der Waals surface area contributed by atoms with Crippen molar-refractivity contribution < 1.29 is 0 Å². The lowest BCUT2D eigenvalue weighted by atomic mass is 9.94. The Morgan fingerprint density at radius 2 is 0.800 bits per heavy atom. The highest BCUT2D eigenvalue weighted by Crippen LogP contribution is 2.29. The molecule has 0 unspecified atom stereocenters. The molecular weight excluding hydrogens is 714 g/mol. The number of halogens is 2. The topological polar surface area (TPSA) is 25.8 Å². The van der Waals surface area contributed by atoms with Crippen LogP contribution in [0.2, 0.25) is 0 Å². The maximum atomic E-state index is 4.79. The van der Waals surface area contributed by atoms with Crippen LogP contribution in [-0.2, 0) is 0 Å². The summed E-state index contributed by atoms with van der Waals surface area (Å²) in [7, 11) is 0. The molecule has 0 fully saturated rings. The standard InChI is InChI=1S/C36H30I2N2/c1-19-23(5)33(37)24(6)20(2)31(19)13-9-27-15-29-11-12-30-16-28(18-40-36(30)35(29)39-17-27)10-14-32-21(3)25(7)34(38)26(8)22(32)4/h11-12,15-18H,1-8H3. The summed E-state index contributed by atoms with van der Waals surface area (Å²) in [6.07, 6.45) is 3.71. The molecule has 198 valence electrons. The van der Waals surface area contributed by atoms with Gasteiger partial charge in [0, 0.05) is 52.6 Å². The summed E-state index contributed by atoms with van der Waals surface area (Å²) in [6, 6.07) is 8.41. The summed E-state index contributed by atoms with van der Waals surface area (Å²) < 4.78 is 2.65. The Morgan fingerprint density at radius 1 is 0.475 bits per heavy atom. The zero-order chi connectivity index (χ0) is 28.9. The van der Waals surface area contributed by atoms with Crippen LogP contribution in [0.4, 0.5) is 0 Å². The maximum Gasteiger partial charge on any atom is 0.0965 e. The molecule has 0 aliphatic carbocycles. The van der Waals surface area contributed by atoms with Gasteiger partial charge in [-0.25, -0.2) is 0 Å². The number of fused-ring (bicyclic) bond motifs is 3. The van der Waals surface area contributed by atoms with Crippen molar-refractivity contribution in [2.75, 3.05) is 0 Å². The van der Waals surface area contributed by atoms with Crippen LogP contribution in [0, 0.1) is 86.2 Å². The Kier molecular flexibility index (Phi) is 7.97. The predicted octanol–water partition coefficient (Wildman–Crippen LogP) is 9.26. The van der Waals surface area contributed by atoms with Crippen molar-refractivity contribution in [3.8, 4) is 23.7 Å². The SMILES string of the molecule is Cc1c(C)c(C#Cc2cnc3c(ccc4cc(C#Cc5c(C)c(C)c(I)c(C)c5C)cnc43)c2)c(C)c(C)c1I. The third kappa shape index (κ3) is 5.01. The Bertz CT molecular complexity index is 1810. The molecule has 0 atom stereocenters. The molecule has 0 saturated heterocycles. The van der Waals surface area contributed by atoms with Crippen LogP contribution in [-0.4, -0.2) is 9.97 Å². The fourth-order valence-corrected chi connectivity index (χ4v) is 6.73. The average molecular weight is 744 g/mol. The van der Waals surface area contributed by atoms with Gasteiger partial charge >= 0.3 is 0 Å². The summed E-state index contributed by atoms with van der Waals surface area (Å²) in [4.78, 5) is 9.57. The normalized spacial score (nSPS) is 10.8. The van der Waals surface area contributed by atoms with E-state index in [4.69, 9.17) is 9.97 Å². The Morgan fingerprint density at radius 3 is 1.12 bits per heavy atom. The second-order valence-corrected chi connectivity index (χ2v) is 12.7. The summed E-state index contributed by atoms with van der Waals surface area (Å²) >= 11 is 4.87. The molecule has 0 saturated carbocycles. The fraction of sp³-hybridized carbons (Fsp3) is 0.222. The molecule has 4 heteroatoms. The van der Waals surface area contributed by atoms with Crippen molar-refractivity contribution in [1.29, 1.82) is 0 Å². The van der Waals surface area contributed by atoms with Crippen molar-refractivity contribution in [3.63, 3.8) is 0 Å². The molecule has 2 nitrogen and oxygen atoms in total. The van der Waals surface area contributed by atoms with E-state index in [2.05, 4.69) is 149 Å². The molecule has 0 aliphatic heterocycles. The van der Waals surface area contributed by atoms with Crippen molar-refractivity contribution in [2.24, 2.45) is 0 Å². The van der Waals surface area contributed by atoms with Crippen LogP contribution in [0.3, 0.4) is 0 Å². The van der Waals surface area contributed by atoms with Crippen LogP contribution in [0.15, 0.2) is 36.7 Å². The number of benzene rings is 3. The third-order valence-corrected chi connectivity index (χ3v) is 11.5. The van der Waals surface area contributed by atoms with Gasteiger partial charge in [-0.3, -0.25) is 9.97 Å². The van der Waals surface area contributed by atoms with Gasteiger partial charge in [-0.1, -0.05) is 35.8 Å². The highest BCUT2D eigenvalue weighted by atomic mass is 127. The first kappa shape index (κ1) is 28.6. The first-order valence-electron chi connectivity index (χ1n) is 13.2. The van der Waals surface area contributed by atoms with Crippen molar-refractivity contribution in [3.05, 3.63) is 111 Å². The predicted molar refractivity (Wildman–Crippen MR) is 185 cm³/mol. The number of rotatable bonds is 0. The molecule has 0 bridgehead atoms. The molecule has 5 aromatic rings. The van der Waals surface area contributed by atoms with Gasteiger partial charge in [-0.05, 0) is 157 Å². The molecule has 0 aliphatic rings. The largest absolute Gasteiger partial charge is 0.253 e. The molecule has 2 heterocycles. The van der Waals surface area contributed by atoms with E-state index in [0.717, 1.165) is 44.1 Å². The van der Waals surface area contributed by atoms with E-state index in [1.807, 2.05) is 12.4 Å². The Labute approximate surface area is 264 Å². The van der Waals surface area contributed by atoms with Gasteiger partial charge < -0.3 is 0 Å². The molecular formula is C36H30I2N2. The van der Waals surface area contributed by atoms with E-state index >= 15 is 0 Å². The Hall–Kier alpha value is -2.94. The van der Waals surface area contributed by atoms with Gasteiger partial charge in [-0.2, -0.15) is 0 Å². The van der Waals surface area contributed by atoms with E-state index in [-0.39, 0.29) is 0 Å². The van der Waals surface area contributed by atoms with Gasteiger partial charge in [0.15, 0.2) is 0 Å². The minimum atomic E-state index is 0.881. The van der Waals surface area contributed by atoms with Crippen LogP contribution >= 0.6 is 45.2 Å². The number of hydrogen-bond donors (Lipinski definition) is 0. The van der Waals surface area contributed by atoms with Gasteiger partial charge in [0.1, 0.15) is 0 Å². The van der Waals surface area contributed by atoms with Crippen LogP contribution < -0.4 is 0 Å². The molecule has 2 aromatic heterocycles. The zero-order valence-electron chi connectivity index (χ0n) is 24.1. The highest BCUT2D eigenvalue weighted by Gasteiger charge is 2.13. The summed E-state index contributed by atoms with van der Waals surface area (Å²) in [5.41, 5.74) is 16.0. The number of hydrogen-bond acceptors (Lipinski definition) is 2. The second-order valence-electron chi connectivity index (χ2n) is 10.5. The van der Waals surface area contributed by atoms with Crippen LogP contribution in [0.5, 0.6) is 0 Å². The summed E-state index contributed by atoms with van der Waals surface area (Å²) in [5.74, 6) is 13.6. The number of aromatic nitrogens is 2. The van der Waals surface area contributed by atoms with Gasteiger partial charge in [-0.15, -0.1) is 0 Å². The van der Waals surface area contributed by atoms with E-state index in [9.17, 15) is 0 Å². The minimum absolute atomic E-state index is 0.881. The first-order chi connectivity index (χ1) is 19.0. The average Bonchev–Trinajstić information content (AvgIpc) is 2.96. The monoisotopic (exact) mass is 744 g/mol. The zero-order valence-corrected chi connectivity index (χ0v) is 28.4. The first-order valence-corrected chi connectivity index (χ1v) is 15.4. The number of pyridine rings is 2. The van der Waals surface area contributed by atoms with E-state index in [0.29, 0.717) is 0 Å². The van der Waals surface area contributed by atoms with Crippen molar-refractivity contribution >= 4 is 67.0 Å². The van der Waals surface area contributed by atoms with Crippen LogP contribution in [0.1, 0.15) is 66.8 Å². The molecule has 0 N–H and O–H groups in total. The van der Waals surface area contributed by atoms with E-state index in [1.54, 1.807) is 0 Å². The number of nitrogens with zero attached hydrogens (tertiary/aromatic N) is 2. The van der Waals surface area contributed by atoms with E-state index in [1.165, 1.54) is 51.6 Å². The van der Waals surface area contributed by atoms with Gasteiger partial charge in [0.2, 0.25) is 0 Å². The quantitative estimate of drug-likeness (QED) is 0.0899. The van der Waals surface area contributed by atoms with E-state index < -0.39 is 0 Å². The molecule has 3 aromatic carbocycles. The second kappa shape index (κ2) is 11.1.